The highest BCUT2D eigenvalue weighted by Gasteiger charge is 2.20. The first-order valence-corrected chi connectivity index (χ1v) is 9.51. The molecule has 28 heavy (non-hydrogen) atoms. The number of nitrogens with one attached hydrogen (secondary N) is 2. The van der Waals surface area contributed by atoms with Gasteiger partial charge in [0.2, 0.25) is 0 Å². The fourth-order valence-corrected chi connectivity index (χ4v) is 3.94. The standard InChI is InChI=1S/C22H26N4O2/c1-26(2)11-9-13-12-24-16-7-6-15(22(28)19(13)16)21-14(8-10-23)20-17(25-21)4-3-5-18(20)27/h3-7,12,24-25,27-28H,8-11,23H2,1-2H3. The molecule has 0 amide bonds. The third-order valence-corrected chi connectivity index (χ3v) is 5.30. The van der Waals surface area contributed by atoms with Crippen molar-refractivity contribution < 1.29 is 10.2 Å². The molecule has 0 fully saturated rings. The van der Waals surface area contributed by atoms with Crippen LogP contribution in [0.4, 0.5) is 0 Å². The zero-order valence-electron chi connectivity index (χ0n) is 16.2. The van der Waals surface area contributed by atoms with Crippen LogP contribution in [0.1, 0.15) is 11.1 Å². The summed E-state index contributed by atoms with van der Waals surface area (Å²) in [7, 11) is 4.08. The monoisotopic (exact) mass is 378 g/mol. The SMILES string of the molecule is CN(C)CCc1c[nH]c2ccc(-c3[nH]c4cccc(O)c4c3CCN)c(O)c12. The molecule has 0 bridgehead atoms. The summed E-state index contributed by atoms with van der Waals surface area (Å²) < 4.78 is 0. The molecule has 0 radical (unpaired) electrons. The maximum atomic E-state index is 11.2. The van der Waals surface area contributed by atoms with E-state index in [1.54, 1.807) is 12.1 Å². The summed E-state index contributed by atoms with van der Waals surface area (Å²) in [6.45, 7) is 1.35. The van der Waals surface area contributed by atoms with Crippen LogP contribution in [-0.2, 0) is 12.8 Å². The summed E-state index contributed by atoms with van der Waals surface area (Å²) >= 11 is 0. The van der Waals surface area contributed by atoms with Gasteiger partial charge in [-0.3, -0.25) is 0 Å². The molecule has 146 valence electrons. The molecule has 0 atom stereocenters. The predicted molar refractivity (Wildman–Crippen MR) is 114 cm³/mol. The van der Waals surface area contributed by atoms with Crippen LogP contribution < -0.4 is 5.73 Å². The lowest BCUT2D eigenvalue weighted by Gasteiger charge is -2.11. The molecule has 0 spiro atoms. The molecule has 0 aliphatic rings. The minimum Gasteiger partial charge on any atom is -0.507 e. The van der Waals surface area contributed by atoms with Crippen LogP contribution in [0.25, 0.3) is 33.1 Å². The number of H-pyrrole nitrogens is 2. The van der Waals surface area contributed by atoms with Gasteiger partial charge < -0.3 is 30.8 Å². The molecule has 0 saturated carbocycles. The van der Waals surface area contributed by atoms with Gasteiger partial charge in [-0.1, -0.05) is 6.07 Å². The van der Waals surface area contributed by atoms with Gasteiger partial charge in [0, 0.05) is 40.1 Å². The molecule has 4 rings (SSSR count). The number of phenolic OH excluding ortho intramolecular Hbond substituents is 2. The van der Waals surface area contributed by atoms with Crippen molar-refractivity contribution in [2.45, 2.75) is 12.8 Å². The first kappa shape index (κ1) is 18.4. The summed E-state index contributed by atoms with van der Waals surface area (Å²) in [4.78, 5) is 8.76. The highest BCUT2D eigenvalue weighted by atomic mass is 16.3. The van der Waals surface area contributed by atoms with Crippen LogP contribution in [0.15, 0.2) is 36.5 Å². The molecule has 0 aliphatic carbocycles. The number of aromatic hydroxyl groups is 2. The number of benzene rings is 2. The quantitative estimate of drug-likeness (QED) is 0.355. The van der Waals surface area contributed by atoms with Gasteiger partial charge in [-0.05, 0) is 68.9 Å². The second-order valence-corrected chi connectivity index (χ2v) is 7.47. The molecule has 6 N–H and O–H groups in total. The Morgan fingerprint density at radius 1 is 1.00 bits per heavy atom. The van der Waals surface area contributed by atoms with E-state index in [4.69, 9.17) is 5.73 Å². The van der Waals surface area contributed by atoms with Crippen LogP contribution in [0.2, 0.25) is 0 Å². The Labute approximate surface area is 163 Å². The minimum atomic E-state index is 0.220. The number of likely N-dealkylation sites (N-methyl/N-ethyl adjacent to an activating group) is 1. The van der Waals surface area contributed by atoms with Gasteiger partial charge in [0.15, 0.2) is 0 Å². The molecule has 2 aromatic heterocycles. The van der Waals surface area contributed by atoms with Gasteiger partial charge >= 0.3 is 0 Å². The second kappa shape index (κ2) is 7.22. The third-order valence-electron chi connectivity index (χ3n) is 5.30. The van der Waals surface area contributed by atoms with Gasteiger partial charge in [-0.15, -0.1) is 0 Å². The van der Waals surface area contributed by atoms with Crippen molar-refractivity contribution >= 4 is 21.8 Å². The highest BCUT2D eigenvalue weighted by Crippen LogP contribution is 2.42. The van der Waals surface area contributed by atoms with E-state index in [0.29, 0.717) is 13.0 Å². The summed E-state index contributed by atoms with van der Waals surface area (Å²) in [5, 5.41) is 23.2. The molecule has 0 aliphatic heterocycles. The predicted octanol–water partition coefficient (Wildman–Crippen LogP) is 3.33. The van der Waals surface area contributed by atoms with Crippen molar-refractivity contribution in [2.24, 2.45) is 5.73 Å². The van der Waals surface area contributed by atoms with Gasteiger partial charge in [0.25, 0.3) is 0 Å². The Morgan fingerprint density at radius 2 is 1.82 bits per heavy atom. The second-order valence-electron chi connectivity index (χ2n) is 7.47. The van der Waals surface area contributed by atoms with Crippen molar-refractivity contribution in [3.63, 3.8) is 0 Å². The molecule has 6 heteroatoms. The van der Waals surface area contributed by atoms with Gasteiger partial charge in [-0.25, -0.2) is 0 Å². The number of aromatic amines is 2. The Bertz CT molecular complexity index is 1140. The number of nitrogens with zero attached hydrogens (tertiary/aromatic N) is 1. The number of phenols is 2. The van der Waals surface area contributed by atoms with Gasteiger partial charge in [0.1, 0.15) is 11.5 Å². The van der Waals surface area contributed by atoms with E-state index in [1.165, 1.54) is 0 Å². The lowest BCUT2D eigenvalue weighted by Crippen LogP contribution is -2.14. The Balaban J connectivity index is 1.92. The molecule has 4 aromatic rings. The Hall–Kier alpha value is -2.96. The summed E-state index contributed by atoms with van der Waals surface area (Å²) in [5.74, 6) is 0.467. The molecule has 0 saturated heterocycles. The van der Waals surface area contributed by atoms with Crippen LogP contribution >= 0.6 is 0 Å². The van der Waals surface area contributed by atoms with Crippen molar-refractivity contribution in [1.82, 2.24) is 14.9 Å². The van der Waals surface area contributed by atoms with Crippen molar-refractivity contribution in [2.75, 3.05) is 27.2 Å². The molecule has 2 aromatic carbocycles. The normalized spacial score (nSPS) is 11.9. The fraction of sp³-hybridized carbons (Fsp3) is 0.273. The van der Waals surface area contributed by atoms with E-state index in [2.05, 4.69) is 14.9 Å². The highest BCUT2D eigenvalue weighted by molar-refractivity contribution is 6.00. The number of hydrogen-bond donors (Lipinski definition) is 5. The number of rotatable bonds is 6. The van der Waals surface area contributed by atoms with E-state index in [0.717, 1.165) is 57.2 Å². The molecular formula is C22H26N4O2. The van der Waals surface area contributed by atoms with E-state index in [9.17, 15) is 10.2 Å². The number of nitrogens with two attached hydrogens (primary N) is 1. The topological polar surface area (TPSA) is 101 Å². The van der Waals surface area contributed by atoms with Gasteiger partial charge in [-0.2, -0.15) is 0 Å². The summed E-state index contributed by atoms with van der Waals surface area (Å²) in [6.07, 6.45) is 3.41. The molecule has 6 nitrogen and oxygen atoms in total. The van der Waals surface area contributed by atoms with Gasteiger partial charge in [0.05, 0.1) is 5.69 Å². The van der Waals surface area contributed by atoms with Crippen molar-refractivity contribution in [3.05, 3.63) is 47.7 Å². The van der Waals surface area contributed by atoms with Crippen LogP contribution in [0, 0.1) is 0 Å². The van der Waals surface area contributed by atoms with Crippen LogP contribution in [-0.4, -0.2) is 52.3 Å². The van der Waals surface area contributed by atoms with E-state index < -0.39 is 0 Å². The zero-order valence-corrected chi connectivity index (χ0v) is 16.2. The number of fused-ring (bicyclic) bond motifs is 2. The van der Waals surface area contributed by atoms with Crippen LogP contribution in [0.5, 0.6) is 11.5 Å². The maximum absolute atomic E-state index is 11.2. The first-order chi connectivity index (χ1) is 13.5. The van der Waals surface area contributed by atoms with Crippen LogP contribution in [0.3, 0.4) is 0 Å². The number of aromatic nitrogens is 2. The average molecular weight is 378 g/mol. The Kier molecular flexibility index (Phi) is 4.75. The van der Waals surface area contributed by atoms with E-state index in [-0.39, 0.29) is 11.5 Å². The fourth-order valence-electron chi connectivity index (χ4n) is 3.94. The zero-order chi connectivity index (χ0) is 19.8. The van der Waals surface area contributed by atoms with Crippen molar-refractivity contribution in [1.29, 1.82) is 0 Å². The molecule has 0 unspecified atom stereocenters. The lowest BCUT2D eigenvalue weighted by molar-refractivity contribution is 0.414. The number of hydrogen-bond acceptors (Lipinski definition) is 4. The maximum Gasteiger partial charge on any atom is 0.134 e. The lowest BCUT2D eigenvalue weighted by atomic mass is 9.98. The largest absolute Gasteiger partial charge is 0.507 e. The van der Waals surface area contributed by atoms with E-state index >= 15 is 0 Å². The summed E-state index contributed by atoms with van der Waals surface area (Å²) in [6, 6.07) is 9.30. The molecule has 2 heterocycles. The van der Waals surface area contributed by atoms with Crippen molar-refractivity contribution in [3.8, 4) is 22.8 Å². The minimum absolute atomic E-state index is 0.220. The molecular weight excluding hydrogens is 352 g/mol. The average Bonchev–Trinajstić information content (AvgIpc) is 3.24. The third kappa shape index (κ3) is 3.00. The smallest absolute Gasteiger partial charge is 0.134 e. The Morgan fingerprint density at radius 3 is 2.57 bits per heavy atom. The first-order valence-electron chi connectivity index (χ1n) is 9.51. The summed E-state index contributed by atoms with van der Waals surface area (Å²) in [5.41, 5.74) is 11.1. The van der Waals surface area contributed by atoms with E-state index in [1.807, 2.05) is 38.5 Å².